The summed E-state index contributed by atoms with van der Waals surface area (Å²) in [5.41, 5.74) is 2.04. The standard InChI is InChI=1S/C28H24N2O4/c31-26(18-34-23-13-12-19-6-1-2-7-20(19)16-23)30-28(25-11-5-15-33-25)24-10-3-8-21(27(24)29-30)17-22-9-4-14-32-22/h1-2,4-7,9,11-17,24,28H,3,8,10,18H2/b21-17-/t24-,28-/m0/s1. The molecule has 0 bridgehead atoms. The lowest BCUT2D eigenvalue weighted by Gasteiger charge is -2.27. The van der Waals surface area contributed by atoms with Crippen LogP contribution in [0.5, 0.6) is 5.75 Å². The summed E-state index contributed by atoms with van der Waals surface area (Å²) in [4.78, 5) is 13.4. The summed E-state index contributed by atoms with van der Waals surface area (Å²) in [5, 5.41) is 8.58. The van der Waals surface area contributed by atoms with Gasteiger partial charge in [-0.05, 0) is 78.1 Å². The summed E-state index contributed by atoms with van der Waals surface area (Å²) in [6.07, 6.45) is 8.19. The Morgan fingerprint density at radius 3 is 2.71 bits per heavy atom. The molecule has 6 nitrogen and oxygen atoms in total. The number of benzene rings is 2. The highest BCUT2D eigenvalue weighted by Crippen LogP contribution is 2.44. The SMILES string of the molecule is O=C(COc1ccc2ccccc2c1)N1N=C2/C(=C\c3ccco3)CCC[C@@H]2[C@H]1c1ccco1. The van der Waals surface area contributed by atoms with Gasteiger partial charge in [-0.3, -0.25) is 4.79 Å². The molecule has 3 heterocycles. The number of rotatable bonds is 5. The van der Waals surface area contributed by atoms with Gasteiger partial charge in [-0.15, -0.1) is 0 Å². The van der Waals surface area contributed by atoms with E-state index in [9.17, 15) is 4.79 Å². The van der Waals surface area contributed by atoms with E-state index < -0.39 is 0 Å². The van der Waals surface area contributed by atoms with Crippen molar-refractivity contribution in [3.63, 3.8) is 0 Å². The second-order valence-corrected chi connectivity index (χ2v) is 8.67. The topological polar surface area (TPSA) is 68.2 Å². The Morgan fingerprint density at radius 1 is 1.03 bits per heavy atom. The molecular weight excluding hydrogens is 428 g/mol. The van der Waals surface area contributed by atoms with Crippen LogP contribution < -0.4 is 4.74 Å². The van der Waals surface area contributed by atoms with Gasteiger partial charge in [-0.1, -0.05) is 30.3 Å². The maximum atomic E-state index is 13.4. The molecular formula is C28H24N2O4. The highest BCUT2D eigenvalue weighted by molar-refractivity contribution is 6.08. The highest BCUT2D eigenvalue weighted by Gasteiger charge is 2.45. The molecule has 6 rings (SSSR count). The molecule has 170 valence electrons. The Balaban J connectivity index is 1.28. The molecule has 2 aliphatic rings. The van der Waals surface area contributed by atoms with Crippen molar-refractivity contribution < 1.29 is 18.4 Å². The van der Waals surface area contributed by atoms with Gasteiger partial charge in [-0.25, -0.2) is 5.01 Å². The zero-order valence-electron chi connectivity index (χ0n) is 18.6. The average molecular weight is 453 g/mol. The van der Waals surface area contributed by atoms with Crippen LogP contribution in [-0.2, 0) is 4.79 Å². The first kappa shape index (κ1) is 20.5. The van der Waals surface area contributed by atoms with Gasteiger partial charge in [-0.2, -0.15) is 5.10 Å². The molecule has 0 saturated heterocycles. The fraction of sp³-hybridized carbons (Fsp3) is 0.214. The number of hydrogen-bond donors (Lipinski definition) is 0. The number of carbonyl (C=O) groups excluding carboxylic acids is 1. The monoisotopic (exact) mass is 452 g/mol. The maximum Gasteiger partial charge on any atom is 0.281 e. The number of furan rings is 2. The summed E-state index contributed by atoms with van der Waals surface area (Å²) in [5.74, 6) is 2.06. The third-order valence-electron chi connectivity index (χ3n) is 6.53. The molecule has 1 saturated carbocycles. The van der Waals surface area contributed by atoms with Crippen molar-refractivity contribution in [1.29, 1.82) is 0 Å². The normalized spacial score (nSPS) is 21.0. The summed E-state index contributed by atoms with van der Waals surface area (Å²) in [6, 6.07) is 21.2. The van der Waals surface area contributed by atoms with Crippen molar-refractivity contribution in [1.82, 2.24) is 5.01 Å². The lowest BCUT2D eigenvalue weighted by Crippen LogP contribution is -2.34. The molecule has 0 unspecified atom stereocenters. The lowest BCUT2D eigenvalue weighted by atomic mass is 9.79. The van der Waals surface area contributed by atoms with Gasteiger partial charge in [0, 0.05) is 5.92 Å². The summed E-state index contributed by atoms with van der Waals surface area (Å²) in [7, 11) is 0. The number of amides is 1. The van der Waals surface area contributed by atoms with Crippen LogP contribution in [-0.4, -0.2) is 23.2 Å². The van der Waals surface area contributed by atoms with Gasteiger partial charge in [0.1, 0.15) is 23.3 Å². The minimum absolute atomic E-state index is 0.0748. The number of ether oxygens (including phenoxy) is 1. The van der Waals surface area contributed by atoms with Crippen LogP contribution >= 0.6 is 0 Å². The fourth-order valence-electron chi connectivity index (χ4n) is 4.96. The first-order valence-electron chi connectivity index (χ1n) is 11.6. The quantitative estimate of drug-likeness (QED) is 0.360. The Bertz CT molecular complexity index is 1370. The molecule has 2 aromatic heterocycles. The molecule has 34 heavy (non-hydrogen) atoms. The van der Waals surface area contributed by atoms with E-state index >= 15 is 0 Å². The van der Waals surface area contributed by atoms with E-state index in [-0.39, 0.29) is 24.5 Å². The molecule has 1 aliphatic carbocycles. The Morgan fingerprint density at radius 2 is 1.88 bits per heavy atom. The minimum Gasteiger partial charge on any atom is -0.484 e. The largest absolute Gasteiger partial charge is 0.484 e. The Hall–Kier alpha value is -4.06. The first-order valence-corrected chi connectivity index (χ1v) is 11.6. The minimum atomic E-state index is -0.280. The lowest BCUT2D eigenvalue weighted by molar-refractivity contribution is -0.136. The van der Waals surface area contributed by atoms with Gasteiger partial charge >= 0.3 is 0 Å². The van der Waals surface area contributed by atoms with Crippen LogP contribution in [0, 0.1) is 5.92 Å². The molecule has 2 atom stereocenters. The van der Waals surface area contributed by atoms with Gasteiger partial charge in [0.15, 0.2) is 6.61 Å². The second kappa shape index (κ2) is 8.71. The van der Waals surface area contributed by atoms with Gasteiger partial charge < -0.3 is 13.6 Å². The third-order valence-corrected chi connectivity index (χ3v) is 6.53. The predicted molar refractivity (Wildman–Crippen MR) is 129 cm³/mol. The molecule has 6 heteroatoms. The Kier molecular flexibility index (Phi) is 5.26. The van der Waals surface area contributed by atoms with E-state index in [1.807, 2.05) is 72.8 Å². The summed E-state index contributed by atoms with van der Waals surface area (Å²) in [6.45, 7) is -0.101. The summed E-state index contributed by atoms with van der Waals surface area (Å²) >= 11 is 0. The van der Waals surface area contributed by atoms with Crippen molar-refractivity contribution in [3.05, 3.63) is 96.3 Å². The van der Waals surface area contributed by atoms with Gasteiger partial charge in [0.25, 0.3) is 5.91 Å². The third kappa shape index (κ3) is 3.81. The van der Waals surface area contributed by atoms with Crippen LogP contribution in [0.1, 0.15) is 36.8 Å². The molecule has 0 N–H and O–H groups in total. The van der Waals surface area contributed by atoms with Crippen molar-refractivity contribution in [3.8, 4) is 5.75 Å². The van der Waals surface area contributed by atoms with Gasteiger partial charge in [0.05, 0.1) is 18.2 Å². The van der Waals surface area contributed by atoms with E-state index in [0.717, 1.165) is 52.8 Å². The van der Waals surface area contributed by atoms with E-state index in [1.165, 1.54) is 0 Å². The molecule has 1 fully saturated rings. The molecule has 0 spiro atoms. The van der Waals surface area contributed by atoms with Crippen LogP contribution in [0.3, 0.4) is 0 Å². The first-order chi connectivity index (χ1) is 16.8. The molecule has 1 amide bonds. The van der Waals surface area contributed by atoms with Crippen LogP contribution in [0.25, 0.3) is 16.8 Å². The smallest absolute Gasteiger partial charge is 0.281 e. The van der Waals surface area contributed by atoms with Crippen LogP contribution in [0.15, 0.2) is 98.8 Å². The van der Waals surface area contributed by atoms with Crippen molar-refractivity contribution in [2.45, 2.75) is 25.3 Å². The predicted octanol–water partition coefficient (Wildman–Crippen LogP) is 6.23. The molecule has 1 aliphatic heterocycles. The number of fused-ring (bicyclic) bond motifs is 2. The number of hydrazone groups is 1. The van der Waals surface area contributed by atoms with Gasteiger partial charge in [0.2, 0.25) is 0 Å². The number of nitrogens with zero attached hydrogens (tertiary/aromatic N) is 2. The molecule has 4 aromatic rings. The fourth-order valence-corrected chi connectivity index (χ4v) is 4.96. The van der Waals surface area contributed by atoms with Crippen molar-refractivity contribution in [2.75, 3.05) is 6.61 Å². The van der Waals surface area contributed by atoms with Crippen molar-refractivity contribution in [2.24, 2.45) is 11.0 Å². The van der Waals surface area contributed by atoms with E-state index in [1.54, 1.807) is 17.5 Å². The zero-order valence-corrected chi connectivity index (χ0v) is 18.6. The van der Waals surface area contributed by atoms with Crippen LogP contribution in [0.4, 0.5) is 0 Å². The number of carbonyl (C=O) groups is 1. The highest BCUT2D eigenvalue weighted by atomic mass is 16.5. The second-order valence-electron chi connectivity index (χ2n) is 8.67. The van der Waals surface area contributed by atoms with E-state index in [4.69, 9.17) is 18.7 Å². The Labute approximate surface area is 197 Å². The number of allylic oxidation sites excluding steroid dienone is 1. The van der Waals surface area contributed by atoms with Crippen molar-refractivity contribution >= 4 is 28.5 Å². The van der Waals surface area contributed by atoms with E-state index in [0.29, 0.717) is 5.75 Å². The average Bonchev–Trinajstić information content (AvgIpc) is 3.63. The van der Waals surface area contributed by atoms with Crippen LogP contribution in [0.2, 0.25) is 0 Å². The zero-order chi connectivity index (χ0) is 22.9. The maximum absolute atomic E-state index is 13.4. The summed E-state index contributed by atoms with van der Waals surface area (Å²) < 4.78 is 17.2. The molecule has 2 aromatic carbocycles. The molecule has 0 radical (unpaired) electrons. The van der Waals surface area contributed by atoms with E-state index in [2.05, 4.69) is 0 Å². The number of hydrogen-bond acceptors (Lipinski definition) is 5.